The molecular weight excluding hydrogens is 446 g/mol. The van der Waals surface area contributed by atoms with Gasteiger partial charge in [0.1, 0.15) is 17.4 Å². The van der Waals surface area contributed by atoms with Crippen molar-refractivity contribution in [1.82, 2.24) is 25.4 Å². The molecule has 7 nitrogen and oxygen atoms in total. The summed E-state index contributed by atoms with van der Waals surface area (Å²) in [7, 11) is 0. The Labute approximate surface area is 201 Å². The number of aryl methyl sites for hydroxylation is 2. The van der Waals surface area contributed by atoms with Gasteiger partial charge in [-0.2, -0.15) is 0 Å². The van der Waals surface area contributed by atoms with E-state index in [0.29, 0.717) is 10.4 Å². The molecule has 1 aliphatic heterocycles. The first kappa shape index (κ1) is 21.9. The van der Waals surface area contributed by atoms with Crippen LogP contribution in [0.1, 0.15) is 27.6 Å². The van der Waals surface area contributed by atoms with Gasteiger partial charge in [0.15, 0.2) is 0 Å². The molecule has 1 N–H and O–H groups in total. The molecule has 0 saturated carbocycles. The van der Waals surface area contributed by atoms with Crippen molar-refractivity contribution < 1.29 is 9.59 Å². The fourth-order valence-corrected chi connectivity index (χ4v) is 4.95. The molecule has 3 aromatic carbocycles. The van der Waals surface area contributed by atoms with Gasteiger partial charge in [-0.25, -0.2) is 9.69 Å². The highest BCUT2D eigenvalue weighted by Gasteiger charge is 2.38. The van der Waals surface area contributed by atoms with Crippen LogP contribution in [0.4, 0.5) is 0 Å². The predicted molar refractivity (Wildman–Crippen MR) is 133 cm³/mol. The number of benzene rings is 3. The first-order chi connectivity index (χ1) is 16.5. The van der Waals surface area contributed by atoms with Crippen molar-refractivity contribution in [2.75, 3.05) is 0 Å². The Morgan fingerprint density at radius 1 is 1.00 bits per heavy atom. The molecule has 4 aromatic rings. The van der Waals surface area contributed by atoms with Gasteiger partial charge in [-0.3, -0.25) is 15.0 Å². The minimum Gasteiger partial charge on any atom is -0.271 e. The molecule has 0 aliphatic carbocycles. The Bertz CT molecular complexity index is 1390. The number of rotatable bonds is 5. The Kier molecular flexibility index (Phi) is 5.90. The van der Waals surface area contributed by atoms with Crippen molar-refractivity contribution >= 4 is 40.7 Å². The lowest BCUT2D eigenvalue weighted by Crippen LogP contribution is -2.45. The maximum absolute atomic E-state index is 13.4. The van der Waals surface area contributed by atoms with Gasteiger partial charge in [0.05, 0.1) is 10.4 Å². The summed E-state index contributed by atoms with van der Waals surface area (Å²) >= 11 is 1.43. The molecule has 1 saturated heterocycles. The Morgan fingerprint density at radius 2 is 1.68 bits per heavy atom. The van der Waals surface area contributed by atoms with Crippen molar-refractivity contribution in [2.24, 2.45) is 0 Å². The average Bonchev–Trinajstić information content (AvgIpc) is 3.37. The monoisotopic (exact) mass is 469 g/mol. The number of carbonyl (C=O) groups excluding carboxylic acids is 2. The summed E-state index contributed by atoms with van der Waals surface area (Å²) in [5.41, 5.74) is 8.43. The third-order valence-corrected chi connectivity index (χ3v) is 6.85. The molecule has 170 valence electrons. The maximum atomic E-state index is 13.4. The van der Waals surface area contributed by atoms with E-state index < -0.39 is 0 Å². The Morgan fingerprint density at radius 3 is 2.41 bits per heavy atom. The molecule has 1 aromatic heterocycles. The second-order valence-corrected chi connectivity index (χ2v) is 9.37. The minimum absolute atomic E-state index is 0.0490. The molecule has 1 unspecified atom stereocenters. The smallest absolute Gasteiger partial charge is 0.271 e. The number of nitrogens with one attached hydrogen (secondary N) is 1. The van der Waals surface area contributed by atoms with Crippen LogP contribution in [0.5, 0.6) is 0 Å². The second kappa shape index (κ2) is 9.15. The first-order valence-corrected chi connectivity index (χ1v) is 11.8. The van der Waals surface area contributed by atoms with E-state index in [1.807, 2.05) is 92.7 Å². The third kappa shape index (κ3) is 4.45. The average molecular weight is 470 g/mol. The quantitative estimate of drug-likeness (QED) is 0.439. The number of carbonyl (C=O) groups is 2. The lowest BCUT2D eigenvalue weighted by Gasteiger charge is -2.24. The molecule has 0 spiro atoms. The fraction of sp³-hybridized carbons (Fsp3) is 0.154. The van der Waals surface area contributed by atoms with E-state index in [0.717, 1.165) is 27.8 Å². The van der Waals surface area contributed by atoms with Crippen molar-refractivity contribution in [2.45, 2.75) is 25.8 Å². The third-order valence-electron chi connectivity index (χ3n) is 5.60. The highest BCUT2D eigenvalue weighted by atomic mass is 32.2. The molecule has 1 aliphatic rings. The number of hydrogen-bond acceptors (Lipinski definition) is 5. The summed E-state index contributed by atoms with van der Waals surface area (Å²) in [6, 6.07) is 23.4. The van der Waals surface area contributed by atoms with Gasteiger partial charge < -0.3 is 0 Å². The van der Waals surface area contributed by atoms with Gasteiger partial charge in [0.25, 0.3) is 11.8 Å². The van der Waals surface area contributed by atoms with E-state index in [4.69, 9.17) is 0 Å². The molecule has 1 fully saturated rings. The summed E-state index contributed by atoms with van der Waals surface area (Å²) in [5, 5.41) is 9.21. The summed E-state index contributed by atoms with van der Waals surface area (Å²) in [4.78, 5) is 26.9. The highest BCUT2D eigenvalue weighted by Crippen LogP contribution is 2.45. The van der Waals surface area contributed by atoms with E-state index in [1.165, 1.54) is 21.5 Å². The minimum atomic E-state index is -0.374. The van der Waals surface area contributed by atoms with Crippen LogP contribution in [-0.2, 0) is 16.1 Å². The van der Waals surface area contributed by atoms with Crippen LogP contribution in [0.3, 0.4) is 0 Å². The molecule has 8 heteroatoms. The van der Waals surface area contributed by atoms with E-state index in [9.17, 15) is 9.59 Å². The molecule has 2 heterocycles. The van der Waals surface area contributed by atoms with E-state index >= 15 is 0 Å². The maximum Gasteiger partial charge on any atom is 0.280 e. The van der Waals surface area contributed by atoms with Crippen LogP contribution >= 0.6 is 11.8 Å². The van der Waals surface area contributed by atoms with Gasteiger partial charge >= 0.3 is 0 Å². The molecule has 5 rings (SSSR count). The molecule has 0 radical (unpaired) electrons. The number of hydrazine groups is 1. The number of nitrogens with zero attached hydrogens (tertiary/aromatic N) is 4. The second-order valence-electron chi connectivity index (χ2n) is 8.25. The molecule has 2 amide bonds. The summed E-state index contributed by atoms with van der Waals surface area (Å²) in [6.45, 7) is 3.99. The standard InChI is InChI=1S/C26H23N5O2S/c1-17-7-11-19(12-8-17)15-23-25(33)31(26(34-23)20-13-9-18(2)10-14-20)28-24(32)16-30-22-6-4-3-5-21(22)27-29-30/h3-15,26H,16H2,1-2H3,(H,28,32)/b23-15-. The van der Waals surface area contributed by atoms with Crippen molar-refractivity contribution in [3.63, 3.8) is 0 Å². The number of amides is 2. The van der Waals surface area contributed by atoms with Crippen molar-refractivity contribution in [3.8, 4) is 0 Å². The van der Waals surface area contributed by atoms with Gasteiger partial charge in [0.2, 0.25) is 0 Å². The topological polar surface area (TPSA) is 80.1 Å². The highest BCUT2D eigenvalue weighted by molar-refractivity contribution is 8.04. The first-order valence-electron chi connectivity index (χ1n) is 10.9. The van der Waals surface area contributed by atoms with Crippen LogP contribution in [0, 0.1) is 13.8 Å². The van der Waals surface area contributed by atoms with E-state index in [1.54, 1.807) is 0 Å². The largest absolute Gasteiger partial charge is 0.280 e. The molecule has 34 heavy (non-hydrogen) atoms. The molecular formula is C26H23N5O2S. The summed E-state index contributed by atoms with van der Waals surface area (Å²) < 4.78 is 1.53. The SMILES string of the molecule is Cc1ccc(/C=C2\SC(c3ccc(C)cc3)N(NC(=O)Cn3nnc4ccccc43)C2=O)cc1. The van der Waals surface area contributed by atoms with Crippen LogP contribution < -0.4 is 5.43 Å². The number of hydrogen-bond donors (Lipinski definition) is 1. The van der Waals surface area contributed by atoms with Crippen molar-refractivity contribution in [1.29, 1.82) is 0 Å². The fourth-order valence-electron chi connectivity index (χ4n) is 3.76. The van der Waals surface area contributed by atoms with Gasteiger partial charge in [0, 0.05) is 0 Å². The van der Waals surface area contributed by atoms with Gasteiger partial charge in [-0.15, -0.1) is 5.10 Å². The van der Waals surface area contributed by atoms with Crippen LogP contribution in [0.2, 0.25) is 0 Å². The van der Waals surface area contributed by atoms with Crippen molar-refractivity contribution in [3.05, 3.63) is 100.0 Å². The molecule has 1 atom stereocenters. The Balaban J connectivity index is 1.42. The summed E-state index contributed by atoms with van der Waals surface area (Å²) in [5.74, 6) is -0.591. The zero-order chi connectivity index (χ0) is 23.7. The zero-order valence-corrected chi connectivity index (χ0v) is 19.6. The van der Waals surface area contributed by atoms with Gasteiger partial charge in [-0.1, -0.05) is 88.8 Å². The number of thioether (sulfide) groups is 1. The zero-order valence-electron chi connectivity index (χ0n) is 18.8. The lowest BCUT2D eigenvalue weighted by atomic mass is 10.1. The lowest BCUT2D eigenvalue weighted by molar-refractivity contribution is -0.138. The number of fused-ring (bicyclic) bond motifs is 1. The Hall–Kier alpha value is -3.91. The number of aromatic nitrogens is 3. The van der Waals surface area contributed by atoms with Gasteiger partial charge in [-0.05, 0) is 43.2 Å². The summed E-state index contributed by atoms with van der Waals surface area (Å²) in [6.07, 6.45) is 1.87. The molecule has 0 bridgehead atoms. The van der Waals surface area contributed by atoms with E-state index in [-0.39, 0.29) is 23.7 Å². The van der Waals surface area contributed by atoms with Crippen LogP contribution in [-0.4, -0.2) is 31.8 Å². The number of para-hydroxylation sites is 1. The van der Waals surface area contributed by atoms with Crippen LogP contribution in [0.25, 0.3) is 17.1 Å². The van der Waals surface area contributed by atoms with E-state index in [2.05, 4.69) is 15.7 Å². The predicted octanol–water partition coefficient (Wildman–Crippen LogP) is 4.39. The van der Waals surface area contributed by atoms with Crippen LogP contribution in [0.15, 0.2) is 77.7 Å². The normalized spacial score (nSPS) is 17.0.